The van der Waals surface area contributed by atoms with Crippen LogP contribution in [-0.2, 0) is 6.54 Å². The number of benzene rings is 2. The predicted octanol–water partition coefficient (Wildman–Crippen LogP) is 3.70. The smallest absolute Gasteiger partial charge is 0.271 e. The van der Waals surface area contributed by atoms with Crippen LogP contribution in [0, 0.1) is 6.92 Å². The van der Waals surface area contributed by atoms with Crippen LogP contribution in [0.15, 0.2) is 60.9 Å². The van der Waals surface area contributed by atoms with Gasteiger partial charge >= 0.3 is 0 Å². The maximum Gasteiger partial charge on any atom is 0.271 e. The summed E-state index contributed by atoms with van der Waals surface area (Å²) in [5.74, 6) is 0.208. The number of rotatable bonds is 6. The molecule has 0 spiro atoms. The predicted molar refractivity (Wildman–Crippen MR) is 140 cm³/mol. The second-order valence-corrected chi connectivity index (χ2v) is 8.88. The molecule has 182 valence electrons. The Balaban J connectivity index is 1.19. The highest BCUT2D eigenvalue weighted by Gasteiger charge is 2.16. The Labute approximate surface area is 208 Å². The van der Waals surface area contributed by atoms with E-state index in [4.69, 9.17) is 5.73 Å². The Morgan fingerprint density at radius 3 is 2.53 bits per heavy atom. The van der Waals surface area contributed by atoms with Gasteiger partial charge in [-0.15, -0.1) is 0 Å². The van der Waals surface area contributed by atoms with Crippen LogP contribution in [0.5, 0.6) is 0 Å². The molecule has 0 unspecified atom stereocenters. The zero-order chi connectivity index (χ0) is 25.1. The number of amides is 2. The minimum atomic E-state index is -0.286. The molecule has 9 heteroatoms. The number of nitrogens with two attached hydrogens (primary N) is 1. The standard InChI is InChI=1S/C27H27N7O2/c1-17-12-22(28)21-13-20(8-9-23(21)31-17)32-26(35)19-6-4-18(5-7-19)14-30-27(36)24-15-29-16-25(33-24)34-10-2-3-11-34/h4-9,12-13,15-16H,2-3,10-11,14H2,1H3,(H2,28,31)(H,30,36)(H,32,35). The molecular weight excluding hydrogens is 454 g/mol. The SMILES string of the molecule is Cc1cc(N)c2cc(NC(=O)c3ccc(CNC(=O)c4cncc(N5CCCC5)n4)cc3)ccc2n1. The normalized spacial score (nSPS) is 13.1. The van der Waals surface area contributed by atoms with Gasteiger partial charge in [0.25, 0.3) is 11.8 Å². The lowest BCUT2D eigenvalue weighted by atomic mass is 10.1. The summed E-state index contributed by atoms with van der Waals surface area (Å²) < 4.78 is 0. The van der Waals surface area contributed by atoms with Crippen LogP contribution >= 0.6 is 0 Å². The molecule has 1 aliphatic heterocycles. The third-order valence-corrected chi connectivity index (χ3v) is 6.18. The van der Waals surface area contributed by atoms with Gasteiger partial charge in [-0.3, -0.25) is 19.6 Å². The van der Waals surface area contributed by atoms with Gasteiger partial charge in [-0.25, -0.2) is 4.98 Å². The van der Waals surface area contributed by atoms with Gasteiger partial charge in [0.05, 0.1) is 17.9 Å². The maximum absolute atomic E-state index is 12.7. The second-order valence-electron chi connectivity index (χ2n) is 8.88. The number of nitrogens with zero attached hydrogens (tertiary/aromatic N) is 4. The summed E-state index contributed by atoms with van der Waals surface area (Å²) >= 11 is 0. The van der Waals surface area contributed by atoms with Gasteiger partial charge in [0, 0.05) is 47.7 Å². The van der Waals surface area contributed by atoms with Crippen molar-refractivity contribution < 1.29 is 9.59 Å². The highest BCUT2D eigenvalue weighted by Crippen LogP contribution is 2.24. The van der Waals surface area contributed by atoms with Gasteiger partial charge in [0.15, 0.2) is 0 Å². The molecule has 1 fully saturated rings. The van der Waals surface area contributed by atoms with Gasteiger partial charge in [-0.1, -0.05) is 12.1 Å². The number of carbonyl (C=O) groups excluding carboxylic acids is 2. The molecule has 1 saturated heterocycles. The lowest BCUT2D eigenvalue weighted by Crippen LogP contribution is -2.26. The summed E-state index contributed by atoms with van der Waals surface area (Å²) in [5.41, 5.74) is 10.7. The molecule has 2 amide bonds. The van der Waals surface area contributed by atoms with Crippen molar-refractivity contribution in [2.45, 2.75) is 26.3 Å². The number of pyridine rings is 1. The van der Waals surface area contributed by atoms with Gasteiger partial charge in [-0.05, 0) is 61.7 Å². The lowest BCUT2D eigenvalue weighted by molar-refractivity contribution is 0.0944. The molecule has 4 aromatic rings. The Kier molecular flexibility index (Phi) is 6.44. The molecule has 36 heavy (non-hydrogen) atoms. The molecule has 9 nitrogen and oxygen atoms in total. The third kappa shape index (κ3) is 5.10. The van der Waals surface area contributed by atoms with Crippen molar-refractivity contribution in [3.8, 4) is 0 Å². The number of nitrogen functional groups attached to an aromatic ring is 1. The Morgan fingerprint density at radius 2 is 1.75 bits per heavy atom. The molecule has 0 aliphatic carbocycles. The van der Waals surface area contributed by atoms with Crippen molar-refractivity contribution in [2.24, 2.45) is 0 Å². The van der Waals surface area contributed by atoms with Crippen LogP contribution in [0.3, 0.4) is 0 Å². The number of anilines is 3. The van der Waals surface area contributed by atoms with Crippen molar-refractivity contribution in [3.05, 3.63) is 83.4 Å². The van der Waals surface area contributed by atoms with Crippen molar-refractivity contribution in [2.75, 3.05) is 29.0 Å². The summed E-state index contributed by atoms with van der Waals surface area (Å²) in [6, 6.07) is 14.3. The molecule has 0 atom stereocenters. The number of nitrogens with one attached hydrogen (secondary N) is 2. The van der Waals surface area contributed by atoms with E-state index in [0.717, 1.165) is 53.9 Å². The van der Waals surface area contributed by atoms with E-state index < -0.39 is 0 Å². The molecule has 0 saturated carbocycles. The van der Waals surface area contributed by atoms with Crippen LogP contribution in [0.4, 0.5) is 17.2 Å². The van der Waals surface area contributed by atoms with E-state index in [1.165, 1.54) is 6.20 Å². The fraction of sp³-hybridized carbons (Fsp3) is 0.222. The largest absolute Gasteiger partial charge is 0.398 e. The van der Waals surface area contributed by atoms with Gasteiger partial charge in [0.2, 0.25) is 0 Å². The molecule has 3 heterocycles. The van der Waals surface area contributed by atoms with Crippen LogP contribution in [0.25, 0.3) is 10.9 Å². The van der Waals surface area contributed by atoms with Crippen LogP contribution in [0.1, 0.15) is 44.9 Å². The van der Waals surface area contributed by atoms with E-state index in [0.29, 0.717) is 23.5 Å². The van der Waals surface area contributed by atoms with E-state index in [1.807, 2.05) is 37.3 Å². The summed E-state index contributed by atoms with van der Waals surface area (Å²) in [6.07, 6.45) is 5.41. The number of aryl methyl sites for hydroxylation is 1. The maximum atomic E-state index is 12.7. The average molecular weight is 482 g/mol. The number of carbonyl (C=O) groups is 2. The first-order valence-corrected chi connectivity index (χ1v) is 11.9. The topological polar surface area (TPSA) is 126 Å². The molecule has 1 aliphatic rings. The van der Waals surface area contributed by atoms with E-state index in [2.05, 4.69) is 30.5 Å². The second kappa shape index (κ2) is 9.99. The van der Waals surface area contributed by atoms with E-state index >= 15 is 0 Å². The Morgan fingerprint density at radius 1 is 0.972 bits per heavy atom. The summed E-state index contributed by atoms with van der Waals surface area (Å²) in [5, 5.41) is 6.56. The molecule has 0 radical (unpaired) electrons. The zero-order valence-corrected chi connectivity index (χ0v) is 20.0. The third-order valence-electron chi connectivity index (χ3n) is 6.18. The highest BCUT2D eigenvalue weighted by atomic mass is 16.2. The van der Waals surface area contributed by atoms with Crippen molar-refractivity contribution in [3.63, 3.8) is 0 Å². The van der Waals surface area contributed by atoms with Crippen LogP contribution in [-0.4, -0.2) is 39.9 Å². The average Bonchev–Trinajstić information content (AvgIpc) is 3.43. The lowest BCUT2D eigenvalue weighted by Gasteiger charge is -2.16. The molecule has 0 bridgehead atoms. The summed E-state index contributed by atoms with van der Waals surface area (Å²) in [7, 11) is 0. The number of fused-ring (bicyclic) bond motifs is 1. The quantitative estimate of drug-likeness (QED) is 0.383. The molecule has 4 N–H and O–H groups in total. The van der Waals surface area contributed by atoms with Crippen LogP contribution in [0.2, 0.25) is 0 Å². The van der Waals surface area contributed by atoms with Crippen LogP contribution < -0.4 is 21.3 Å². The first-order valence-electron chi connectivity index (χ1n) is 11.9. The monoisotopic (exact) mass is 481 g/mol. The molecule has 2 aromatic heterocycles. The summed E-state index contributed by atoms with van der Waals surface area (Å²) in [4.78, 5) is 40.6. The Hall–Kier alpha value is -4.53. The Bertz CT molecular complexity index is 1430. The number of hydrogen-bond acceptors (Lipinski definition) is 7. The molecule has 2 aromatic carbocycles. The first-order chi connectivity index (χ1) is 17.5. The highest BCUT2D eigenvalue weighted by molar-refractivity contribution is 6.05. The van der Waals surface area contributed by atoms with E-state index in [1.54, 1.807) is 24.4 Å². The first kappa shape index (κ1) is 23.2. The minimum Gasteiger partial charge on any atom is -0.398 e. The van der Waals surface area contributed by atoms with Gasteiger partial charge in [-0.2, -0.15) is 0 Å². The molecular formula is C27H27N7O2. The van der Waals surface area contributed by atoms with Crippen molar-refractivity contribution >= 4 is 39.9 Å². The van der Waals surface area contributed by atoms with Gasteiger partial charge < -0.3 is 21.3 Å². The molecule has 5 rings (SSSR count). The fourth-order valence-electron chi connectivity index (χ4n) is 4.28. The summed E-state index contributed by atoms with van der Waals surface area (Å²) in [6.45, 7) is 4.07. The number of aromatic nitrogens is 3. The van der Waals surface area contributed by atoms with E-state index in [9.17, 15) is 9.59 Å². The van der Waals surface area contributed by atoms with Crippen molar-refractivity contribution in [1.29, 1.82) is 0 Å². The zero-order valence-electron chi connectivity index (χ0n) is 20.0. The van der Waals surface area contributed by atoms with E-state index in [-0.39, 0.29) is 17.5 Å². The fourth-order valence-corrected chi connectivity index (χ4v) is 4.28. The van der Waals surface area contributed by atoms with Gasteiger partial charge in [0.1, 0.15) is 11.5 Å². The van der Waals surface area contributed by atoms with Crippen molar-refractivity contribution in [1.82, 2.24) is 20.3 Å². The minimum absolute atomic E-state index is 0.238. The number of hydrogen-bond donors (Lipinski definition) is 3.